The summed E-state index contributed by atoms with van der Waals surface area (Å²) in [6.45, 7) is 3.65. The van der Waals surface area contributed by atoms with Crippen LogP contribution < -0.4 is 0 Å². The van der Waals surface area contributed by atoms with Crippen molar-refractivity contribution in [3.63, 3.8) is 0 Å². The van der Waals surface area contributed by atoms with Crippen molar-refractivity contribution < 1.29 is 17.9 Å². The first-order valence-corrected chi connectivity index (χ1v) is 6.69. The molecule has 0 aliphatic carbocycles. The van der Waals surface area contributed by atoms with Crippen molar-refractivity contribution in [3.05, 3.63) is 34.2 Å². The number of sulfone groups is 1. The first kappa shape index (κ1) is 11.9. The minimum absolute atomic E-state index is 0.154. The van der Waals surface area contributed by atoms with Gasteiger partial charge >= 0.3 is 5.97 Å². The first-order chi connectivity index (χ1) is 7.96. The average Bonchev–Trinajstić information content (AvgIpc) is 2.50. The highest BCUT2D eigenvalue weighted by Crippen LogP contribution is 2.33. The summed E-state index contributed by atoms with van der Waals surface area (Å²) < 4.78 is 28.8. The Morgan fingerprint density at radius 2 is 2.06 bits per heavy atom. The molecule has 5 heteroatoms. The fourth-order valence-electron chi connectivity index (χ4n) is 1.73. The third-order valence-corrected chi connectivity index (χ3v) is 4.32. The molecule has 1 aliphatic heterocycles. The van der Waals surface area contributed by atoms with Crippen LogP contribution in [0.25, 0.3) is 6.08 Å². The number of hydrogen-bond acceptors (Lipinski definition) is 4. The van der Waals surface area contributed by atoms with Crippen LogP contribution in [0.1, 0.15) is 18.1 Å². The van der Waals surface area contributed by atoms with Gasteiger partial charge in [-0.25, -0.2) is 13.2 Å². The molecule has 0 atom stereocenters. The van der Waals surface area contributed by atoms with Gasteiger partial charge in [0.1, 0.15) is 0 Å². The standard InChI is InChI=1S/C12H12O4S/c1-3-16-12(13)11-7-9-6-8(2)4-5-10(9)17(11,14)15/h4-7H,3H2,1-2H3. The third-order valence-electron chi connectivity index (χ3n) is 2.51. The van der Waals surface area contributed by atoms with E-state index in [0.29, 0.717) is 5.56 Å². The zero-order chi connectivity index (χ0) is 12.6. The van der Waals surface area contributed by atoms with Gasteiger partial charge in [-0.15, -0.1) is 0 Å². The summed E-state index contributed by atoms with van der Waals surface area (Å²) in [4.78, 5) is 11.4. The molecule has 0 unspecified atom stereocenters. The van der Waals surface area contributed by atoms with Crippen LogP contribution >= 0.6 is 0 Å². The van der Waals surface area contributed by atoms with Crippen LogP contribution in [0.2, 0.25) is 0 Å². The second-order valence-corrected chi connectivity index (χ2v) is 5.66. The maximum Gasteiger partial charge on any atom is 0.350 e. The van der Waals surface area contributed by atoms with Crippen molar-refractivity contribution in [1.29, 1.82) is 0 Å². The lowest BCUT2D eigenvalue weighted by Gasteiger charge is -2.03. The zero-order valence-corrected chi connectivity index (χ0v) is 10.4. The molecule has 1 aromatic rings. The Labute approximate surface area is 99.8 Å². The van der Waals surface area contributed by atoms with Crippen molar-refractivity contribution in [2.75, 3.05) is 6.61 Å². The summed E-state index contributed by atoms with van der Waals surface area (Å²) in [6, 6.07) is 4.96. The summed E-state index contributed by atoms with van der Waals surface area (Å²) in [5.41, 5.74) is 1.49. The Balaban J connectivity index is 2.54. The van der Waals surface area contributed by atoms with Gasteiger partial charge in [0.05, 0.1) is 11.5 Å². The molecule has 0 amide bonds. The summed E-state index contributed by atoms with van der Waals surface area (Å²) in [5.74, 6) is -0.790. The van der Waals surface area contributed by atoms with Gasteiger partial charge in [0.25, 0.3) is 0 Å². The van der Waals surface area contributed by atoms with Crippen LogP contribution in [0, 0.1) is 6.92 Å². The largest absolute Gasteiger partial charge is 0.462 e. The molecule has 0 aromatic heterocycles. The van der Waals surface area contributed by atoms with Crippen LogP contribution in [-0.4, -0.2) is 21.0 Å². The number of carbonyl (C=O) groups is 1. The molecule has 0 bridgehead atoms. The Bertz CT molecular complexity index is 611. The number of ether oxygens (including phenoxy) is 1. The molecule has 90 valence electrons. The van der Waals surface area contributed by atoms with Gasteiger partial charge in [-0.1, -0.05) is 17.7 Å². The molecule has 0 saturated carbocycles. The Morgan fingerprint density at radius 3 is 2.71 bits per heavy atom. The van der Waals surface area contributed by atoms with Gasteiger partial charge in [0, 0.05) is 0 Å². The highest BCUT2D eigenvalue weighted by atomic mass is 32.2. The maximum atomic E-state index is 12.0. The molecule has 0 N–H and O–H groups in total. The van der Waals surface area contributed by atoms with Gasteiger partial charge in [-0.05, 0) is 31.6 Å². The van der Waals surface area contributed by atoms with Crippen LogP contribution in [0.4, 0.5) is 0 Å². The van der Waals surface area contributed by atoms with Crippen LogP contribution in [0.15, 0.2) is 28.0 Å². The third kappa shape index (κ3) is 1.86. The van der Waals surface area contributed by atoms with Crippen molar-refractivity contribution >= 4 is 21.9 Å². The zero-order valence-electron chi connectivity index (χ0n) is 9.56. The minimum Gasteiger partial charge on any atom is -0.462 e. The summed E-state index contributed by atoms with van der Waals surface area (Å²) >= 11 is 0. The number of rotatable bonds is 2. The van der Waals surface area contributed by atoms with E-state index < -0.39 is 15.8 Å². The van der Waals surface area contributed by atoms with E-state index >= 15 is 0 Å². The lowest BCUT2D eigenvalue weighted by Crippen LogP contribution is -2.13. The van der Waals surface area contributed by atoms with E-state index in [1.165, 1.54) is 12.1 Å². The highest BCUT2D eigenvalue weighted by molar-refractivity contribution is 7.96. The highest BCUT2D eigenvalue weighted by Gasteiger charge is 2.35. The molecule has 2 rings (SSSR count). The van der Waals surface area contributed by atoms with Crippen LogP contribution in [0.3, 0.4) is 0 Å². The summed E-state index contributed by atoms with van der Waals surface area (Å²) in [6.07, 6.45) is 1.37. The fourth-order valence-corrected chi connectivity index (χ4v) is 3.21. The lowest BCUT2D eigenvalue weighted by molar-refractivity contribution is -0.137. The molecular weight excluding hydrogens is 240 g/mol. The summed E-state index contributed by atoms with van der Waals surface area (Å²) in [5, 5.41) is 0. The Morgan fingerprint density at radius 1 is 1.35 bits per heavy atom. The van der Waals surface area contributed by atoms with Crippen molar-refractivity contribution in [2.24, 2.45) is 0 Å². The smallest absolute Gasteiger partial charge is 0.350 e. The first-order valence-electron chi connectivity index (χ1n) is 5.21. The second-order valence-electron chi connectivity index (χ2n) is 3.77. The number of esters is 1. The van der Waals surface area contributed by atoms with Crippen molar-refractivity contribution in [1.82, 2.24) is 0 Å². The quantitative estimate of drug-likeness (QED) is 0.751. The number of fused-ring (bicyclic) bond motifs is 1. The molecule has 1 aliphatic rings. The van der Waals surface area contributed by atoms with Gasteiger partial charge in [0.2, 0.25) is 9.84 Å². The topological polar surface area (TPSA) is 60.4 Å². The molecule has 4 nitrogen and oxygen atoms in total. The van der Waals surface area contributed by atoms with E-state index in [-0.39, 0.29) is 16.4 Å². The molecule has 0 saturated heterocycles. The van der Waals surface area contributed by atoms with Crippen LogP contribution in [-0.2, 0) is 19.4 Å². The molecule has 0 spiro atoms. The molecule has 0 radical (unpaired) electrons. The van der Waals surface area contributed by atoms with Gasteiger partial charge < -0.3 is 4.74 Å². The van der Waals surface area contributed by atoms with Crippen molar-refractivity contribution in [2.45, 2.75) is 18.7 Å². The maximum absolute atomic E-state index is 12.0. The summed E-state index contributed by atoms with van der Waals surface area (Å²) in [7, 11) is -3.70. The minimum atomic E-state index is -3.70. The molecule has 0 fully saturated rings. The number of aryl methyl sites for hydroxylation is 1. The molecule has 17 heavy (non-hydrogen) atoms. The van der Waals surface area contributed by atoms with Crippen LogP contribution in [0.5, 0.6) is 0 Å². The van der Waals surface area contributed by atoms with E-state index in [1.54, 1.807) is 19.1 Å². The predicted octanol–water partition coefficient (Wildman–Crippen LogP) is 1.69. The van der Waals surface area contributed by atoms with Gasteiger partial charge in [-0.3, -0.25) is 0 Å². The lowest BCUT2D eigenvalue weighted by atomic mass is 10.1. The predicted molar refractivity (Wildman–Crippen MR) is 63.0 cm³/mol. The van der Waals surface area contributed by atoms with Gasteiger partial charge in [-0.2, -0.15) is 0 Å². The Hall–Kier alpha value is -1.62. The monoisotopic (exact) mass is 252 g/mol. The molecule has 1 heterocycles. The Kier molecular flexibility index (Phi) is 2.79. The van der Waals surface area contributed by atoms with E-state index in [4.69, 9.17) is 4.74 Å². The SMILES string of the molecule is CCOC(=O)C1=Cc2cc(C)ccc2S1(=O)=O. The molecule has 1 aromatic carbocycles. The van der Waals surface area contributed by atoms with Gasteiger partial charge in [0.15, 0.2) is 4.91 Å². The normalized spacial score (nSPS) is 16.2. The van der Waals surface area contributed by atoms with E-state index in [2.05, 4.69) is 0 Å². The van der Waals surface area contributed by atoms with E-state index in [9.17, 15) is 13.2 Å². The number of hydrogen-bond donors (Lipinski definition) is 0. The van der Waals surface area contributed by atoms with E-state index in [0.717, 1.165) is 5.56 Å². The number of benzene rings is 1. The fraction of sp³-hybridized carbons (Fsp3) is 0.250. The molecular formula is C12H12O4S. The second kappa shape index (κ2) is 4.00. The number of carbonyl (C=O) groups excluding carboxylic acids is 1. The van der Waals surface area contributed by atoms with E-state index in [1.807, 2.05) is 6.92 Å². The average molecular weight is 252 g/mol. The van der Waals surface area contributed by atoms with Crippen molar-refractivity contribution in [3.8, 4) is 0 Å².